The molecule has 0 aliphatic heterocycles. The molecule has 3 heteroatoms. The van der Waals surface area contributed by atoms with E-state index in [2.05, 4.69) is 219 Å². The fourth-order valence-electron chi connectivity index (χ4n) is 8.21. The minimum Gasteiger partial charge on any atom is -0.310 e. The average molecular weight is 756 g/mol. The molecular formula is C55H53N3. The van der Waals surface area contributed by atoms with Crippen LogP contribution in [0.2, 0.25) is 0 Å². The van der Waals surface area contributed by atoms with E-state index in [4.69, 9.17) is 0 Å². The SMILES string of the molecule is Cc1ccc(N(c2ccc(C(C)(C)C)cc2)c2cc3c4cc(C#N)ccc4c(N(c4ccc(C(C)(C)C)cc4)c4ccc(C)c(C)c4)cc3c3ccccc23)cc1C. The highest BCUT2D eigenvalue weighted by molar-refractivity contribution is 6.24. The van der Waals surface area contributed by atoms with Crippen LogP contribution in [0.25, 0.3) is 32.3 Å². The summed E-state index contributed by atoms with van der Waals surface area (Å²) in [6, 6.07) is 53.8. The van der Waals surface area contributed by atoms with Crippen LogP contribution in [0.4, 0.5) is 34.1 Å². The number of nitriles is 1. The maximum Gasteiger partial charge on any atom is 0.0991 e. The van der Waals surface area contributed by atoms with E-state index in [1.807, 2.05) is 6.07 Å². The molecule has 288 valence electrons. The molecule has 0 heterocycles. The number of aryl methyl sites for hydroxylation is 4. The van der Waals surface area contributed by atoms with Crippen LogP contribution >= 0.6 is 0 Å². The Bertz CT molecular complexity index is 2900. The first-order chi connectivity index (χ1) is 27.6. The second kappa shape index (κ2) is 14.5. The van der Waals surface area contributed by atoms with Gasteiger partial charge >= 0.3 is 0 Å². The highest BCUT2D eigenvalue weighted by Gasteiger charge is 2.24. The van der Waals surface area contributed by atoms with E-state index >= 15 is 0 Å². The molecule has 0 aromatic heterocycles. The molecular weight excluding hydrogens is 703 g/mol. The van der Waals surface area contributed by atoms with E-state index in [9.17, 15) is 5.26 Å². The molecule has 0 atom stereocenters. The van der Waals surface area contributed by atoms with Crippen LogP contribution < -0.4 is 9.80 Å². The summed E-state index contributed by atoms with van der Waals surface area (Å²) in [5.41, 5.74) is 14.8. The third-order valence-electron chi connectivity index (χ3n) is 12.0. The van der Waals surface area contributed by atoms with Crippen molar-refractivity contribution in [3.05, 3.63) is 178 Å². The molecule has 8 aromatic carbocycles. The van der Waals surface area contributed by atoms with Gasteiger partial charge in [-0.1, -0.05) is 108 Å². The van der Waals surface area contributed by atoms with Crippen LogP contribution in [0, 0.1) is 39.0 Å². The third-order valence-corrected chi connectivity index (χ3v) is 12.0. The van der Waals surface area contributed by atoms with Gasteiger partial charge < -0.3 is 9.80 Å². The van der Waals surface area contributed by atoms with Crippen molar-refractivity contribution in [2.24, 2.45) is 0 Å². The maximum atomic E-state index is 10.3. The molecule has 0 unspecified atom stereocenters. The fraction of sp³-hybridized carbons (Fsp3) is 0.218. The van der Waals surface area contributed by atoms with Crippen LogP contribution in [0.5, 0.6) is 0 Å². The van der Waals surface area contributed by atoms with Gasteiger partial charge in [0.15, 0.2) is 0 Å². The summed E-state index contributed by atoms with van der Waals surface area (Å²) in [5, 5.41) is 17.0. The zero-order chi connectivity index (χ0) is 41.1. The molecule has 0 saturated carbocycles. The molecule has 58 heavy (non-hydrogen) atoms. The quantitative estimate of drug-likeness (QED) is 0.158. The van der Waals surface area contributed by atoms with Crippen LogP contribution in [0.3, 0.4) is 0 Å². The lowest BCUT2D eigenvalue weighted by atomic mass is 9.87. The Labute approximate surface area is 344 Å². The first-order valence-electron chi connectivity index (χ1n) is 20.4. The number of rotatable bonds is 6. The lowest BCUT2D eigenvalue weighted by Crippen LogP contribution is -2.14. The first kappa shape index (κ1) is 38.5. The minimum absolute atomic E-state index is 0.0313. The van der Waals surface area contributed by atoms with Gasteiger partial charge in [-0.3, -0.25) is 0 Å². The monoisotopic (exact) mass is 755 g/mol. The highest BCUT2D eigenvalue weighted by atomic mass is 15.2. The normalized spacial score (nSPS) is 11.9. The third kappa shape index (κ3) is 6.98. The standard InChI is InChI=1S/C55H53N3/c1-35-15-22-44(29-37(35)3)57(42-24-18-40(19-25-42)54(5,6)7)52-33-51-49-31-39(34-56)17-28-48(49)53(32-50(51)46-13-11-12-14-47(46)52)58(45-23-16-36(2)38(4)30-45)43-26-20-41(21-27-43)55(8,9)10/h11-33H,1-10H3. The molecule has 0 saturated heterocycles. The van der Waals surface area contributed by atoms with Crippen molar-refractivity contribution in [2.45, 2.75) is 80.1 Å². The van der Waals surface area contributed by atoms with Crippen molar-refractivity contribution in [2.75, 3.05) is 9.80 Å². The van der Waals surface area contributed by atoms with Gasteiger partial charge in [0.1, 0.15) is 0 Å². The number of fused-ring (bicyclic) bond motifs is 5. The highest BCUT2D eigenvalue weighted by Crippen LogP contribution is 2.48. The Balaban J connectivity index is 1.47. The zero-order valence-electron chi connectivity index (χ0n) is 35.6. The largest absolute Gasteiger partial charge is 0.310 e. The summed E-state index contributed by atoms with van der Waals surface area (Å²) in [6.07, 6.45) is 0. The number of benzene rings is 8. The predicted octanol–water partition coefficient (Wildman–Crippen LogP) is 15.8. The van der Waals surface area contributed by atoms with Crippen molar-refractivity contribution in [3.8, 4) is 6.07 Å². The van der Waals surface area contributed by atoms with Gasteiger partial charge in [0.2, 0.25) is 0 Å². The molecule has 0 radical (unpaired) electrons. The second-order valence-electron chi connectivity index (χ2n) is 18.1. The molecule has 0 spiro atoms. The van der Waals surface area contributed by atoms with Crippen molar-refractivity contribution in [1.82, 2.24) is 0 Å². The van der Waals surface area contributed by atoms with E-state index in [1.165, 1.54) is 33.4 Å². The summed E-state index contributed by atoms with van der Waals surface area (Å²) >= 11 is 0. The molecule has 3 nitrogen and oxygen atoms in total. The maximum absolute atomic E-state index is 10.3. The molecule has 0 fully saturated rings. The Kier molecular flexibility index (Phi) is 9.65. The number of hydrogen-bond donors (Lipinski definition) is 0. The van der Waals surface area contributed by atoms with Gasteiger partial charge in [0, 0.05) is 33.5 Å². The van der Waals surface area contributed by atoms with Crippen LogP contribution in [0.15, 0.2) is 140 Å². The summed E-state index contributed by atoms with van der Waals surface area (Å²) < 4.78 is 0. The predicted molar refractivity (Wildman–Crippen MR) is 249 cm³/mol. The van der Waals surface area contributed by atoms with Gasteiger partial charge in [-0.25, -0.2) is 0 Å². The van der Waals surface area contributed by atoms with Gasteiger partial charge in [0.05, 0.1) is 23.0 Å². The van der Waals surface area contributed by atoms with E-state index in [0.29, 0.717) is 5.56 Å². The second-order valence-corrected chi connectivity index (χ2v) is 18.1. The van der Waals surface area contributed by atoms with Gasteiger partial charge in [-0.15, -0.1) is 0 Å². The summed E-state index contributed by atoms with van der Waals surface area (Å²) in [7, 11) is 0. The average Bonchev–Trinajstić information content (AvgIpc) is 3.20. The molecule has 8 rings (SSSR count). The van der Waals surface area contributed by atoms with E-state index in [0.717, 1.165) is 66.4 Å². The van der Waals surface area contributed by atoms with Crippen molar-refractivity contribution in [1.29, 1.82) is 5.26 Å². The number of hydrogen-bond acceptors (Lipinski definition) is 3. The molecule has 0 bridgehead atoms. The Hall–Kier alpha value is -6.37. The van der Waals surface area contributed by atoms with Crippen LogP contribution in [-0.2, 0) is 10.8 Å². The van der Waals surface area contributed by atoms with Crippen LogP contribution in [-0.4, -0.2) is 0 Å². The minimum atomic E-state index is 0.0313. The van der Waals surface area contributed by atoms with E-state index in [-0.39, 0.29) is 10.8 Å². The van der Waals surface area contributed by atoms with Gasteiger partial charge in [-0.05, 0) is 166 Å². The first-order valence-corrected chi connectivity index (χ1v) is 20.4. The Morgan fingerprint density at radius 2 is 0.776 bits per heavy atom. The molecule has 0 amide bonds. The topological polar surface area (TPSA) is 30.3 Å². The van der Waals surface area contributed by atoms with Crippen molar-refractivity contribution in [3.63, 3.8) is 0 Å². The lowest BCUT2D eigenvalue weighted by Gasteiger charge is -2.31. The van der Waals surface area contributed by atoms with Crippen molar-refractivity contribution < 1.29 is 0 Å². The number of nitrogens with zero attached hydrogens (tertiary/aromatic N) is 3. The van der Waals surface area contributed by atoms with E-state index in [1.54, 1.807) is 0 Å². The van der Waals surface area contributed by atoms with E-state index < -0.39 is 0 Å². The van der Waals surface area contributed by atoms with Gasteiger partial charge in [-0.2, -0.15) is 5.26 Å². The van der Waals surface area contributed by atoms with Crippen molar-refractivity contribution >= 4 is 66.4 Å². The van der Waals surface area contributed by atoms with Gasteiger partial charge in [0.25, 0.3) is 0 Å². The molecule has 0 aliphatic carbocycles. The smallest absolute Gasteiger partial charge is 0.0991 e. The molecule has 8 aromatic rings. The Morgan fingerprint density at radius 1 is 0.379 bits per heavy atom. The summed E-state index contributed by atoms with van der Waals surface area (Å²) in [5.74, 6) is 0. The Morgan fingerprint density at radius 3 is 1.21 bits per heavy atom. The van der Waals surface area contributed by atoms with Crippen LogP contribution in [0.1, 0.15) is 80.5 Å². The summed E-state index contributed by atoms with van der Waals surface area (Å²) in [6.45, 7) is 22.3. The lowest BCUT2D eigenvalue weighted by molar-refractivity contribution is 0.590. The molecule has 0 aliphatic rings. The number of anilines is 6. The molecule has 0 N–H and O–H groups in total. The fourth-order valence-corrected chi connectivity index (χ4v) is 8.21. The zero-order valence-corrected chi connectivity index (χ0v) is 35.6. The summed E-state index contributed by atoms with van der Waals surface area (Å²) in [4.78, 5) is 4.81.